The molecule has 3 aromatic rings. The number of ether oxygens (including phenoxy) is 1. The van der Waals surface area contributed by atoms with Crippen molar-refractivity contribution >= 4 is 23.5 Å². The first-order valence-electron chi connectivity index (χ1n) is 9.59. The number of nitrogens with one attached hydrogen (secondary N) is 2. The number of hydrogen-bond donors (Lipinski definition) is 4. The van der Waals surface area contributed by atoms with Gasteiger partial charge in [-0.3, -0.25) is 14.6 Å². The van der Waals surface area contributed by atoms with E-state index in [0.29, 0.717) is 16.8 Å². The summed E-state index contributed by atoms with van der Waals surface area (Å²) in [6.45, 7) is 0. The largest absolute Gasteiger partial charge is 0.504 e. The van der Waals surface area contributed by atoms with Crippen LogP contribution in [0, 0.1) is 0 Å². The van der Waals surface area contributed by atoms with E-state index in [1.807, 2.05) is 0 Å². The maximum absolute atomic E-state index is 12.4. The van der Waals surface area contributed by atoms with Crippen LogP contribution >= 0.6 is 0 Å². The monoisotopic (exact) mass is 435 g/mol. The van der Waals surface area contributed by atoms with Gasteiger partial charge in [0.25, 0.3) is 11.8 Å². The first-order chi connectivity index (χ1) is 15.4. The summed E-state index contributed by atoms with van der Waals surface area (Å²) in [6.07, 6.45) is 3.10. The van der Waals surface area contributed by atoms with Crippen molar-refractivity contribution < 1.29 is 29.3 Å². The number of para-hydroxylation sites is 1. The number of pyridine rings is 1. The van der Waals surface area contributed by atoms with Crippen molar-refractivity contribution in [3.8, 4) is 11.5 Å². The van der Waals surface area contributed by atoms with Crippen molar-refractivity contribution in [2.24, 2.45) is 0 Å². The molecule has 0 saturated heterocycles. The van der Waals surface area contributed by atoms with Gasteiger partial charge in [-0.25, -0.2) is 4.79 Å². The molecule has 0 saturated carbocycles. The summed E-state index contributed by atoms with van der Waals surface area (Å²) in [4.78, 5) is 40.8. The van der Waals surface area contributed by atoms with Crippen molar-refractivity contribution in [3.05, 3.63) is 83.7 Å². The molecule has 2 aromatic carbocycles. The summed E-state index contributed by atoms with van der Waals surface area (Å²) in [6, 6.07) is 13.0. The molecule has 164 valence electrons. The van der Waals surface area contributed by atoms with E-state index in [9.17, 15) is 24.6 Å². The third-order valence-corrected chi connectivity index (χ3v) is 4.63. The van der Waals surface area contributed by atoms with Crippen LogP contribution in [0.4, 0.5) is 5.69 Å². The number of aromatic nitrogens is 1. The Morgan fingerprint density at radius 3 is 2.41 bits per heavy atom. The van der Waals surface area contributed by atoms with Crippen LogP contribution in [0.1, 0.15) is 26.3 Å². The van der Waals surface area contributed by atoms with Gasteiger partial charge in [-0.1, -0.05) is 18.2 Å². The molecule has 0 aliphatic heterocycles. The van der Waals surface area contributed by atoms with Crippen LogP contribution < -0.4 is 10.6 Å². The Bertz CT molecular complexity index is 1120. The van der Waals surface area contributed by atoms with Gasteiger partial charge in [0.05, 0.1) is 18.2 Å². The van der Waals surface area contributed by atoms with Crippen LogP contribution in [0.25, 0.3) is 0 Å². The summed E-state index contributed by atoms with van der Waals surface area (Å²) in [5.74, 6) is -2.55. The summed E-state index contributed by atoms with van der Waals surface area (Å²) < 4.78 is 4.80. The lowest BCUT2D eigenvalue weighted by Gasteiger charge is -2.17. The topological polar surface area (TPSA) is 138 Å². The van der Waals surface area contributed by atoms with Gasteiger partial charge in [0.1, 0.15) is 6.04 Å². The average molecular weight is 435 g/mol. The molecule has 0 unspecified atom stereocenters. The zero-order valence-corrected chi connectivity index (χ0v) is 17.1. The molecular weight excluding hydrogens is 414 g/mol. The predicted molar refractivity (Wildman–Crippen MR) is 115 cm³/mol. The average Bonchev–Trinajstić information content (AvgIpc) is 2.81. The second-order valence-corrected chi connectivity index (χ2v) is 6.82. The maximum Gasteiger partial charge on any atom is 0.328 e. The molecule has 9 heteroatoms. The van der Waals surface area contributed by atoms with E-state index < -0.39 is 35.3 Å². The lowest BCUT2D eigenvalue weighted by atomic mass is 10.0. The molecule has 32 heavy (non-hydrogen) atoms. The number of amides is 2. The van der Waals surface area contributed by atoms with Gasteiger partial charge in [-0.05, 0) is 42.0 Å². The minimum Gasteiger partial charge on any atom is -0.504 e. The van der Waals surface area contributed by atoms with E-state index in [4.69, 9.17) is 4.74 Å². The van der Waals surface area contributed by atoms with Gasteiger partial charge >= 0.3 is 5.97 Å². The van der Waals surface area contributed by atoms with Crippen molar-refractivity contribution in [2.75, 3.05) is 12.4 Å². The highest BCUT2D eigenvalue weighted by Crippen LogP contribution is 2.28. The van der Waals surface area contributed by atoms with Gasteiger partial charge in [-0.15, -0.1) is 0 Å². The highest BCUT2D eigenvalue weighted by molar-refractivity contribution is 6.06. The molecule has 1 aromatic heterocycles. The van der Waals surface area contributed by atoms with Crippen molar-refractivity contribution in [1.29, 1.82) is 0 Å². The van der Waals surface area contributed by atoms with Crippen LogP contribution in [-0.4, -0.2) is 46.1 Å². The number of anilines is 1. The Morgan fingerprint density at radius 1 is 1.00 bits per heavy atom. The SMILES string of the molecule is COC(=O)[C@@H](Cc1ccc(NC(=O)c2cccc(O)c2O)cc1)NC(=O)c1cccnc1. The van der Waals surface area contributed by atoms with Crippen LogP contribution in [0.2, 0.25) is 0 Å². The molecule has 3 rings (SSSR count). The van der Waals surface area contributed by atoms with E-state index in [0.717, 1.165) is 0 Å². The number of carbonyl (C=O) groups is 3. The first-order valence-corrected chi connectivity index (χ1v) is 9.59. The number of nitrogens with zero attached hydrogens (tertiary/aromatic N) is 1. The number of benzene rings is 2. The number of aromatic hydroxyl groups is 2. The van der Waals surface area contributed by atoms with Crippen LogP contribution in [-0.2, 0) is 16.0 Å². The second-order valence-electron chi connectivity index (χ2n) is 6.82. The Labute approximate surface area is 183 Å². The molecular formula is C23H21N3O6. The number of esters is 1. The minimum absolute atomic E-state index is 0.0713. The summed E-state index contributed by atoms with van der Waals surface area (Å²) in [5, 5.41) is 24.6. The highest BCUT2D eigenvalue weighted by atomic mass is 16.5. The van der Waals surface area contributed by atoms with Crippen molar-refractivity contribution in [2.45, 2.75) is 12.5 Å². The predicted octanol–water partition coefficient (Wildman–Crippen LogP) is 2.26. The highest BCUT2D eigenvalue weighted by Gasteiger charge is 2.23. The minimum atomic E-state index is -0.919. The summed E-state index contributed by atoms with van der Waals surface area (Å²) in [5.41, 5.74) is 1.40. The molecule has 0 aliphatic rings. The molecule has 0 radical (unpaired) electrons. The van der Waals surface area contributed by atoms with E-state index >= 15 is 0 Å². The van der Waals surface area contributed by atoms with Crippen LogP contribution in [0.5, 0.6) is 11.5 Å². The Kier molecular flexibility index (Phi) is 7.02. The van der Waals surface area contributed by atoms with E-state index in [1.165, 1.54) is 37.7 Å². The number of phenolic OH excluding ortho intramolecular Hbond substituents is 2. The first kappa shape index (κ1) is 22.3. The maximum atomic E-state index is 12.4. The fourth-order valence-electron chi connectivity index (χ4n) is 2.95. The Balaban J connectivity index is 1.68. The number of methoxy groups -OCH3 is 1. The molecule has 1 atom stereocenters. The fourth-order valence-corrected chi connectivity index (χ4v) is 2.95. The zero-order valence-electron chi connectivity index (χ0n) is 17.1. The smallest absolute Gasteiger partial charge is 0.328 e. The van der Waals surface area contributed by atoms with E-state index in [1.54, 1.807) is 36.4 Å². The van der Waals surface area contributed by atoms with Crippen LogP contribution in [0.15, 0.2) is 67.0 Å². The molecule has 0 spiro atoms. The third kappa shape index (κ3) is 5.39. The van der Waals surface area contributed by atoms with Gasteiger partial charge in [0.2, 0.25) is 0 Å². The number of carbonyl (C=O) groups excluding carboxylic acids is 3. The lowest BCUT2D eigenvalue weighted by molar-refractivity contribution is -0.142. The normalized spacial score (nSPS) is 11.3. The van der Waals surface area contributed by atoms with Gasteiger partial charge in [0, 0.05) is 24.5 Å². The molecule has 2 amide bonds. The van der Waals surface area contributed by atoms with Crippen molar-refractivity contribution in [1.82, 2.24) is 10.3 Å². The van der Waals surface area contributed by atoms with E-state index in [2.05, 4.69) is 15.6 Å². The summed E-state index contributed by atoms with van der Waals surface area (Å²) >= 11 is 0. The molecule has 0 fully saturated rings. The van der Waals surface area contributed by atoms with Gasteiger partial charge in [0.15, 0.2) is 11.5 Å². The molecule has 0 aliphatic carbocycles. The van der Waals surface area contributed by atoms with Crippen molar-refractivity contribution in [3.63, 3.8) is 0 Å². The lowest BCUT2D eigenvalue weighted by Crippen LogP contribution is -2.43. The van der Waals surface area contributed by atoms with E-state index in [-0.39, 0.29) is 12.0 Å². The third-order valence-electron chi connectivity index (χ3n) is 4.63. The standard InChI is InChI=1S/C23H21N3O6/c1-32-23(31)18(26-21(29)15-4-3-11-24-13-15)12-14-7-9-16(10-8-14)25-22(30)17-5-2-6-19(27)20(17)28/h2-11,13,18,27-28H,12H2,1H3,(H,25,30)(H,26,29)/t18-/m1/s1. The van der Waals surface area contributed by atoms with Crippen LogP contribution in [0.3, 0.4) is 0 Å². The Morgan fingerprint density at radius 2 is 1.75 bits per heavy atom. The second kappa shape index (κ2) is 10.1. The fraction of sp³-hybridized carbons (Fsp3) is 0.130. The molecule has 9 nitrogen and oxygen atoms in total. The zero-order chi connectivity index (χ0) is 23.1. The number of rotatable bonds is 7. The molecule has 1 heterocycles. The summed E-state index contributed by atoms with van der Waals surface area (Å²) in [7, 11) is 1.24. The quantitative estimate of drug-likeness (QED) is 0.330. The number of phenols is 2. The van der Waals surface area contributed by atoms with Gasteiger partial charge in [-0.2, -0.15) is 0 Å². The van der Waals surface area contributed by atoms with Gasteiger partial charge < -0.3 is 25.6 Å². The number of hydrogen-bond acceptors (Lipinski definition) is 7. The molecule has 0 bridgehead atoms. The molecule has 4 N–H and O–H groups in total. The Hall–Kier alpha value is -4.40.